The van der Waals surface area contributed by atoms with Gasteiger partial charge in [0.15, 0.2) is 0 Å². The minimum atomic E-state index is 0.521. The predicted octanol–water partition coefficient (Wildman–Crippen LogP) is 4.68. The van der Waals surface area contributed by atoms with Crippen LogP contribution in [-0.4, -0.2) is 9.97 Å². The maximum Gasteiger partial charge on any atom is 0.134 e. The van der Waals surface area contributed by atoms with Crippen molar-refractivity contribution in [2.75, 3.05) is 0 Å². The number of halogens is 2. The van der Waals surface area contributed by atoms with Crippen molar-refractivity contribution >= 4 is 27.5 Å². The monoisotopic (exact) mass is 338 g/mol. The molecule has 19 heavy (non-hydrogen) atoms. The van der Waals surface area contributed by atoms with E-state index in [2.05, 4.69) is 45.8 Å². The van der Waals surface area contributed by atoms with Gasteiger partial charge in [-0.25, -0.2) is 9.97 Å². The van der Waals surface area contributed by atoms with Gasteiger partial charge in [-0.3, -0.25) is 0 Å². The molecule has 0 atom stereocenters. The largest absolute Gasteiger partial charge is 0.237 e. The molecule has 0 unspecified atom stereocenters. The van der Waals surface area contributed by atoms with E-state index in [9.17, 15) is 0 Å². The highest BCUT2D eigenvalue weighted by Crippen LogP contribution is 2.19. The van der Waals surface area contributed by atoms with Crippen LogP contribution in [-0.2, 0) is 12.8 Å². The highest BCUT2D eigenvalue weighted by molar-refractivity contribution is 9.10. The lowest BCUT2D eigenvalue weighted by Crippen LogP contribution is -2.04. The number of rotatable bonds is 4. The lowest BCUT2D eigenvalue weighted by molar-refractivity contribution is 0.631. The molecule has 2 aromatic rings. The van der Waals surface area contributed by atoms with Crippen LogP contribution in [0.2, 0.25) is 5.15 Å². The molecule has 0 spiro atoms. The van der Waals surface area contributed by atoms with Crippen molar-refractivity contribution in [3.63, 3.8) is 0 Å². The summed E-state index contributed by atoms with van der Waals surface area (Å²) < 4.78 is 1.07. The Morgan fingerprint density at radius 1 is 1.21 bits per heavy atom. The molecule has 0 aliphatic rings. The molecular formula is C15H16BrClN2. The normalized spacial score (nSPS) is 11.0. The Hall–Kier alpha value is -0.930. The second kappa shape index (κ2) is 6.49. The molecule has 0 saturated carbocycles. The van der Waals surface area contributed by atoms with Gasteiger partial charge in [0.05, 0.1) is 0 Å². The van der Waals surface area contributed by atoms with Gasteiger partial charge in [0.1, 0.15) is 11.0 Å². The smallest absolute Gasteiger partial charge is 0.134 e. The summed E-state index contributed by atoms with van der Waals surface area (Å²) in [6, 6.07) is 9.95. The first-order valence-corrected chi connectivity index (χ1v) is 7.47. The Kier molecular flexibility index (Phi) is 4.94. The van der Waals surface area contributed by atoms with Crippen molar-refractivity contribution in [1.29, 1.82) is 0 Å². The van der Waals surface area contributed by atoms with E-state index in [1.54, 1.807) is 0 Å². The topological polar surface area (TPSA) is 25.8 Å². The summed E-state index contributed by atoms with van der Waals surface area (Å²) in [5.41, 5.74) is 2.18. The lowest BCUT2D eigenvalue weighted by Gasteiger charge is -2.08. The van der Waals surface area contributed by atoms with Gasteiger partial charge >= 0.3 is 0 Å². The van der Waals surface area contributed by atoms with E-state index < -0.39 is 0 Å². The highest BCUT2D eigenvalue weighted by Gasteiger charge is 2.08. The van der Waals surface area contributed by atoms with Crippen molar-refractivity contribution in [3.05, 3.63) is 57.0 Å². The maximum atomic E-state index is 6.08. The van der Waals surface area contributed by atoms with Crippen LogP contribution in [0, 0.1) is 5.92 Å². The van der Waals surface area contributed by atoms with Crippen LogP contribution in [0.15, 0.2) is 34.8 Å². The summed E-state index contributed by atoms with van der Waals surface area (Å²) in [6.07, 6.45) is 1.61. The first-order valence-electron chi connectivity index (χ1n) is 6.30. The lowest BCUT2D eigenvalue weighted by atomic mass is 10.1. The molecule has 1 aromatic heterocycles. The van der Waals surface area contributed by atoms with Crippen LogP contribution in [0.5, 0.6) is 0 Å². The van der Waals surface area contributed by atoms with Gasteiger partial charge in [-0.05, 0) is 30.0 Å². The Morgan fingerprint density at radius 3 is 2.63 bits per heavy atom. The first kappa shape index (κ1) is 14.5. The molecule has 1 heterocycles. The van der Waals surface area contributed by atoms with Gasteiger partial charge in [-0.15, -0.1) is 0 Å². The molecule has 1 aromatic carbocycles. The SMILES string of the molecule is CC(C)Cc1cc(Cl)nc(Cc2ccccc2Br)n1. The Morgan fingerprint density at radius 2 is 1.95 bits per heavy atom. The Balaban J connectivity index is 2.25. The van der Waals surface area contributed by atoms with Gasteiger partial charge in [0, 0.05) is 16.6 Å². The fourth-order valence-corrected chi connectivity index (χ4v) is 2.58. The quantitative estimate of drug-likeness (QED) is 0.756. The van der Waals surface area contributed by atoms with Crippen molar-refractivity contribution in [2.24, 2.45) is 5.92 Å². The average Bonchev–Trinajstić information content (AvgIpc) is 2.30. The fourth-order valence-electron chi connectivity index (χ4n) is 1.93. The number of nitrogens with zero attached hydrogens (tertiary/aromatic N) is 2. The van der Waals surface area contributed by atoms with Crippen LogP contribution in [0.25, 0.3) is 0 Å². The van der Waals surface area contributed by atoms with Crippen molar-refractivity contribution in [3.8, 4) is 0 Å². The van der Waals surface area contributed by atoms with E-state index in [4.69, 9.17) is 11.6 Å². The van der Waals surface area contributed by atoms with E-state index >= 15 is 0 Å². The zero-order chi connectivity index (χ0) is 13.8. The first-order chi connectivity index (χ1) is 9.04. The summed E-state index contributed by atoms with van der Waals surface area (Å²) in [7, 11) is 0. The molecule has 2 nitrogen and oxygen atoms in total. The molecule has 100 valence electrons. The summed E-state index contributed by atoms with van der Waals surface area (Å²) >= 11 is 9.62. The average molecular weight is 340 g/mol. The Labute approximate surface area is 127 Å². The molecule has 0 fully saturated rings. The van der Waals surface area contributed by atoms with Crippen molar-refractivity contribution in [2.45, 2.75) is 26.7 Å². The third-order valence-corrected chi connectivity index (χ3v) is 3.69. The van der Waals surface area contributed by atoms with E-state index in [0.29, 0.717) is 17.5 Å². The van der Waals surface area contributed by atoms with E-state index in [1.807, 2.05) is 24.3 Å². The van der Waals surface area contributed by atoms with Crippen LogP contribution in [0.1, 0.15) is 30.9 Å². The summed E-state index contributed by atoms with van der Waals surface area (Å²) in [6.45, 7) is 4.34. The molecule has 0 radical (unpaired) electrons. The van der Waals surface area contributed by atoms with Crippen LogP contribution < -0.4 is 0 Å². The number of benzene rings is 1. The van der Waals surface area contributed by atoms with Crippen LogP contribution in [0.3, 0.4) is 0 Å². The predicted molar refractivity (Wildman–Crippen MR) is 82.5 cm³/mol. The molecule has 0 N–H and O–H groups in total. The second-order valence-corrected chi connectivity index (χ2v) is 6.21. The standard InChI is InChI=1S/C15H16BrClN2/c1-10(2)7-12-9-14(17)19-15(18-12)8-11-5-3-4-6-13(11)16/h3-6,9-10H,7-8H2,1-2H3. The Bertz CT molecular complexity index is 570. The minimum Gasteiger partial charge on any atom is -0.237 e. The number of hydrogen-bond acceptors (Lipinski definition) is 2. The molecule has 0 saturated heterocycles. The zero-order valence-electron chi connectivity index (χ0n) is 11.0. The molecule has 4 heteroatoms. The third-order valence-electron chi connectivity index (χ3n) is 2.72. The molecule has 0 aliphatic carbocycles. The fraction of sp³-hybridized carbons (Fsp3) is 0.333. The summed E-state index contributed by atoms with van der Waals surface area (Å²) in [5, 5.41) is 0.521. The van der Waals surface area contributed by atoms with Crippen molar-refractivity contribution in [1.82, 2.24) is 9.97 Å². The van der Waals surface area contributed by atoms with Gasteiger partial charge < -0.3 is 0 Å². The molecule has 0 amide bonds. The van der Waals surface area contributed by atoms with Gasteiger partial charge in [0.2, 0.25) is 0 Å². The molecular weight excluding hydrogens is 324 g/mol. The third kappa shape index (κ3) is 4.29. The van der Waals surface area contributed by atoms with Gasteiger partial charge in [-0.1, -0.05) is 59.6 Å². The van der Waals surface area contributed by atoms with Crippen molar-refractivity contribution < 1.29 is 0 Å². The van der Waals surface area contributed by atoms with Crippen LogP contribution in [0.4, 0.5) is 0 Å². The molecule has 0 bridgehead atoms. The van der Waals surface area contributed by atoms with E-state index in [-0.39, 0.29) is 0 Å². The van der Waals surface area contributed by atoms with Gasteiger partial charge in [-0.2, -0.15) is 0 Å². The molecule has 2 rings (SSSR count). The highest BCUT2D eigenvalue weighted by atomic mass is 79.9. The zero-order valence-corrected chi connectivity index (χ0v) is 13.4. The minimum absolute atomic E-state index is 0.521. The maximum absolute atomic E-state index is 6.08. The van der Waals surface area contributed by atoms with Gasteiger partial charge in [0.25, 0.3) is 0 Å². The summed E-state index contributed by atoms with van der Waals surface area (Å²) in [5.74, 6) is 1.33. The second-order valence-electron chi connectivity index (χ2n) is 4.96. The van der Waals surface area contributed by atoms with Crippen LogP contribution >= 0.6 is 27.5 Å². The van der Waals surface area contributed by atoms with E-state index in [0.717, 1.165) is 22.4 Å². The number of hydrogen-bond donors (Lipinski definition) is 0. The van der Waals surface area contributed by atoms with E-state index in [1.165, 1.54) is 5.56 Å². The summed E-state index contributed by atoms with van der Waals surface area (Å²) in [4.78, 5) is 8.90. The molecule has 0 aliphatic heterocycles. The number of aromatic nitrogens is 2.